The Bertz CT molecular complexity index is 384. The quantitative estimate of drug-likeness (QED) is 0.874. The smallest absolute Gasteiger partial charge is 0.255 e. The summed E-state index contributed by atoms with van der Waals surface area (Å²) in [6.45, 7) is 2.59. The molecule has 0 saturated heterocycles. The molecule has 3 nitrogen and oxygen atoms in total. The van der Waals surface area contributed by atoms with Gasteiger partial charge in [-0.1, -0.05) is 18.5 Å². The van der Waals surface area contributed by atoms with Crippen molar-refractivity contribution in [1.82, 2.24) is 5.32 Å². The summed E-state index contributed by atoms with van der Waals surface area (Å²) < 4.78 is 0. The van der Waals surface area contributed by atoms with Crippen molar-refractivity contribution < 1.29 is 9.90 Å². The van der Waals surface area contributed by atoms with Gasteiger partial charge in [-0.2, -0.15) is 11.8 Å². The van der Waals surface area contributed by atoms with E-state index < -0.39 is 0 Å². The van der Waals surface area contributed by atoms with E-state index >= 15 is 0 Å². The third-order valence-corrected chi connectivity index (χ3v) is 3.36. The third kappa shape index (κ3) is 3.61. The van der Waals surface area contributed by atoms with Gasteiger partial charge in [-0.25, -0.2) is 0 Å². The lowest BCUT2D eigenvalue weighted by Gasteiger charge is -2.10. The fourth-order valence-electron chi connectivity index (χ4n) is 1.11. The van der Waals surface area contributed by atoms with E-state index in [2.05, 4.69) is 5.32 Å². The van der Waals surface area contributed by atoms with Crippen molar-refractivity contribution >= 4 is 29.3 Å². The van der Waals surface area contributed by atoms with Crippen LogP contribution in [-0.2, 0) is 0 Å². The maximum absolute atomic E-state index is 11.7. The van der Waals surface area contributed by atoms with E-state index in [0.717, 1.165) is 0 Å². The number of carbonyl (C=O) groups is 1. The number of nitrogens with one attached hydrogen (secondary N) is 1. The van der Waals surface area contributed by atoms with Crippen LogP contribution in [0.2, 0.25) is 5.02 Å². The van der Waals surface area contributed by atoms with Gasteiger partial charge in [0.05, 0.1) is 5.56 Å². The van der Waals surface area contributed by atoms with Crippen LogP contribution >= 0.6 is 23.4 Å². The molecule has 1 atom stereocenters. The number of amides is 1. The summed E-state index contributed by atoms with van der Waals surface area (Å²) in [6, 6.07) is 4.44. The van der Waals surface area contributed by atoms with E-state index in [0.29, 0.717) is 16.8 Å². The van der Waals surface area contributed by atoms with Gasteiger partial charge in [0.1, 0.15) is 5.75 Å². The zero-order valence-electron chi connectivity index (χ0n) is 9.16. The summed E-state index contributed by atoms with van der Waals surface area (Å²) in [5.74, 6) is -0.378. The number of aromatic hydroxyl groups is 1. The highest BCUT2D eigenvalue weighted by atomic mass is 35.5. The molecule has 0 radical (unpaired) electrons. The molecule has 0 bridgehead atoms. The van der Waals surface area contributed by atoms with Crippen LogP contribution < -0.4 is 5.32 Å². The number of halogens is 1. The second-order valence-corrected chi connectivity index (χ2v) is 5.13. The maximum atomic E-state index is 11.7. The molecular formula is C11H14ClNO2S. The van der Waals surface area contributed by atoms with Crippen molar-refractivity contribution in [2.45, 2.75) is 12.2 Å². The Labute approximate surface area is 104 Å². The minimum Gasteiger partial charge on any atom is -0.507 e. The van der Waals surface area contributed by atoms with Crippen LogP contribution in [0.25, 0.3) is 0 Å². The molecule has 1 rings (SSSR count). The average Bonchev–Trinajstić information content (AvgIpc) is 2.25. The van der Waals surface area contributed by atoms with Crippen LogP contribution in [0.3, 0.4) is 0 Å². The Balaban J connectivity index is 2.66. The molecule has 1 aromatic carbocycles. The molecular weight excluding hydrogens is 246 g/mol. The predicted molar refractivity (Wildman–Crippen MR) is 68.4 cm³/mol. The number of carbonyl (C=O) groups excluding carboxylic acids is 1. The number of phenols is 1. The first-order chi connectivity index (χ1) is 7.54. The number of rotatable bonds is 4. The van der Waals surface area contributed by atoms with Gasteiger partial charge in [0, 0.05) is 16.8 Å². The van der Waals surface area contributed by atoms with Crippen LogP contribution in [0.1, 0.15) is 17.3 Å². The lowest BCUT2D eigenvalue weighted by molar-refractivity contribution is 0.0951. The molecule has 0 aromatic heterocycles. The summed E-state index contributed by atoms with van der Waals surface area (Å²) in [5.41, 5.74) is 0.248. The summed E-state index contributed by atoms with van der Waals surface area (Å²) in [5, 5.41) is 13.0. The number of hydrogen-bond donors (Lipinski definition) is 2. The van der Waals surface area contributed by atoms with Crippen molar-refractivity contribution in [3.05, 3.63) is 28.8 Å². The molecule has 1 aromatic rings. The van der Waals surface area contributed by atoms with E-state index in [1.165, 1.54) is 12.1 Å². The van der Waals surface area contributed by atoms with Crippen molar-refractivity contribution in [1.29, 1.82) is 0 Å². The highest BCUT2D eigenvalue weighted by Gasteiger charge is 2.11. The van der Waals surface area contributed by atoms with Gasteiger partial charge in [-0.3, -0.25) is 4.79 Å². The zero-order chi connectivity index (χ0) is 12.1. The normalized spacial score (nSPS) is 12.2. The van der Waals surface area contributed by atoms with Gasteiger partial charge in [-0.15, -0.1) is 0 Å². The summed E-state index contributed by atoms with van der Waals surface area (Å²) in [6.07, 6.45) is 1.98. The predicted octanol–water partition coefficient (Wildman–Crippen LogP) is 2.53. The Hall–Kier alpha value is -0.870. The Morgan fingerprint density at radius 1 is 1.62 bits per heavy atom. The lowest BCUT2D eigenvalue weighted by atomic mass is 10.2. The molecule has 0 aliphatic carbocycles. The van der Waals surface area contributed by atoms with Crippen molar-refractivity contribution in [2.75, 3.05) is 12.8 Å². The largest absolute Gasteiger partial charge is 0.507 e. The molecule has 0 aliphatic rings. The summed E-state index contributed by atoms with van der Waals surface area (Å²) >= 11 is 7.35. The molecule has 0 aliphatic heterocycles. The van der Waals surface area contributed by atoms with Crippen LogP contribution in [0.5, 0.6) is 5.75 Å². The molecule has 2 N–H and O–H groups in total. The van der Waals surface area contributed by atoms with Crippen LogP contribution in [0.15, 0.2) is 18.2 Å². The van der Waals surface area contributed by atoms with E-state index in [9.17, 15) is 9.90 Å². The van der Waals surface area contributed by atoms with E-state index in [1.54, 1.807) is 17.8 Å². The molecule has 5 heteroatoms. The molecule has 1 amide bonds. The Morgan fingerprint density at radius 2 is 2.31 bits per heavy atom. The first-order valence-corrected chi connectivity index (χ1v) is 6.50. The molecule has 0 fully saturated rings. The molecule has 0 heterocycles. The van der Waals surface area contributed by atoms with Gasteiger partial charge < -0.3 is 10.4 Å². The fourth-order valence-corrected chi connectivity index (χ4v) is 1.53. The van der Waals surface area contributed by atoms with Crippen molar-refractivity contribution in [2.24, 2.45) is 0 Å². The molecule has 1 unspecified atom stereocenters. The topological polar surface area (TPSA) is 49.3 Å². The minimum absolute atomic E-state index is 0.0956. The SMILES string of the molecule is CSC(C)CNC(=O)c1ccc(Cl)cc1O. The van der Waals surface area contributed by atoms with Crippen LogP contribution in [0.4, 0.5) is 0 Å². The first-order valence-electron chi connectivity index (χ1n) is 4.84. The number of phenolic OH excluding ortho intramolecular Hbond substituents is 1. The van der Waals surface area contributed by atoms with Crippen LogP contribution in [-0.4, -0.2) is 29.1 Å². The Morgan fingerprint density at radius 3 is 2.88 bits per heavy atom. The van der Waals surface area contributed by atoms with Gasteiger partial charge in [-0.05, 0) is 24.5 Å². The highest BCUT2D eigenvalue weighted by Crippen LogP contribution is 2.21. The van der Waals surface area contributed by atoms with Gasteiger partial charge in [0.2, 0.25) is 0 Å². The Kier molecular flexibility index (Phi) is 4.96. The number of benzene rings is 1. The molecule has 16 heavy (non-hydrogen) atoms. The standard InChI is InChI=1S/C11H14ClNO2S/c1-7(16-2)6-13-11(15)9-4-3-8(12)5-10(9)14/h3-5,7,14H,6H2,1-2H3,(H,13,15). The van der Waals surface area contributed by atoms with Gasteiger partial charge in [0.15, 0.2) is 0 Å². The number of hydrogen-bond acceptors (Lipinski definition) is 3. The molecule has 0 spiro atoms. The fraction of sp³-hybridized carbons (Fsp3) is 0.364. The van der Waals surface area contributed by atoms with E-state index in [-0.39, 0.29) is 17.2 Å². The van der Waals surface area contributed by atoms with E-state index in [4.69, 9.17) is 11.6 Å². The number of thioether (sulfide) groups is 1. The average molecular weight is 260 g/mol. The van der Waals surface area contributed by atoms with Gasteiger partial charge in [0.25, 0.3) is 5.91 Å². The van der Waals surface area contributed by atoms with E-state index in [1.807, 2.05) is 13.2 Å². The third-order valence-electron chi connectivity index (χ3n) is 2.16. The molecule has 88 valence electrons. The summed E-state index contributed by atoms with van der Waals surface area (Å²) in [7, 11) is 0. The highest BCUT2D eigenvalue weighted by molar-refractivity contribution is 7.99. The maximum Gasteiger partial charge on any atom is 0.255 e. The first kappa shape index (κ1) is 13.2. The zero-order valence-corrected chi connectivity index (χ0v) is 10.7. The van der Waals surface area contributed by atoms with Crippen molar-refractivity contribution in [3.63, 3.8) is 0 Å². The summed E-state index contributed by atoms with van der Waals surface area (Å²) in [4.78, 5) is 11.7. The van der Waals surface area contributed by atoms with Gasteiger partial charge >= 0.3 is 0 Å². The molecule has 0 saturated carbocycles. The second kappa shape index (κ2) is 6.01. The van der Waals surface area contributed by atoms with Crippen LogP contribution in [0, 0.1) is 0 Å². The minimum atomic E-state index is -0.282. The lowest BCUT2D eigenvalue weighted by Crippen LogP contribution is -2.29. The monoisotopic (exact) mass is 259 g/mol. The second-order valence-electron chi connectivity index (χ2n) is 3.42. The van der Waals surface area contributed by atoms with Crippen molar-refractivity contribution in [3.8, 4) is 5.75 Å².